The second-order valence-electron chi connectivity index (χ2n) is 18.5. The number of hydrogen-bond acceptors (Lipinski definition) is 2. The number of para-hydroxylation sites is 3. The van der Waals surface area contributed by atoms with E-state index in [0.29, 0.717) is 5.82 Å². The van der Waals surface area contributed by atoms with Crippen molar-refractivity contribution in [2.45, 2.75) is 5.41 Å². The van der Waals surface area contributed by atoms with Crippen LogP contribution in [0.2, 0.25) is 0 Å². The first-order valence-corrected chi connectivity index (χ1v) is 23.7. The van der Waals surface area contributed by atoms with Crippen LogP contribution >= 0.6 is 0 Å². The first-order chi connectivity index (χ1) is 34.2. The zero-order chi connectivity index (χ0) is 45.2. The zero-order valence-corrected chi connectivity index (χ0v) is 37.4. The maximum atomic E-state index is 5.42. The highest BCUT2D eigenvalue weighted by atomic mass is 15.0. The summed E-state index contributed by atoms with van der Waals surface area (Å²) in [6, 6.07) is 88.7. The minimum absolute atomic E-state index is 0.479. The Bertz CT molecular complexity index is 4100. The predicted octanol–water partition coefficient (Wildman–Crippen LogP) is 16.0. The van der Waals surface area contributed by atoms with Gasteiger partial charge in [0.15, 0.2) is 5.82 Å². The largest absolute Gasteiger partial charge is 0.309 e. The SMILES string of the molecule is c1ccc(-c2cc(-c3cc(-n4c5ccccc5c5ccccc54)cc(-n4c5ccccc5c5cc6c(cc54)C4(c5ccccc5-c5ccccc54)c4ccccc4-6)c3)nc(-c3ccccc3)n2)cc1. The summed E-state index contributed by atoms with van der Waals surface area (Å²) < 4.78 is 4.94. The van der Waals surface area contributed by atoms with Crippen molar-refractivity contribution in [1.82, 2.24) is 19.1 Å². The van der Waals surface area contributed by atoms with E-state index in [4.69, 9.17) is 9.97 Å². The van der Waals surface area contributed by atoms with E-state index in [1.165, 1.54) is 66.1 Å². The predicted molar refractivity (Wildman–Crippen MR) is 283 cm³/mol. The first-order valence-electron chi connectivity index (χ1n) is 23.7. The van der Waals surface area contributed by atoms with E-state index in [1.807, 2.05) is 6.07 Å². The summed E-state index contributed by atoms with van der Waals surface area (Å²) in [6.07, 6.45) is 0. The van der Waals surface area contributed by atoms with Gasteiger partial charge in [0.1, 0.15) is 0 Å². The Hall–Kier alpha value is -9.12. The van der Waals surface area contributed by atoms with Gasteiger partial charge in [-0.3, -0.25) is 0 Å². The molecule has 4 heteroatoms. The molecule has 0 unspecified atom stereocenters. The van der Waals surface area contributed by atoms with Crippen molar-refractivity contribution in [2.24, 2.45) is 0 Å². The Labute approximate surface area is 398 Å². The topological polar surface area (TPSA) is 35.6 Å². The number of nitrogens with zero attached hydrogens (tertiary/aromatic N) is 4. The van der Waals surface area contributed by atoms with Crippen LogP contribution in [-0.4, -0.2) is 19.1 Å². The Kier molecular flexibility index (Phi) is 7.96. The fourth-order valence-electron chi connectivity index (χ4n) is 12.1. The molecule has 3 aromatic heterocycles. The van der Waals surface area contributed by atoms with E-state index in [2.05, 4.69) is 246 Å². The third-order valence-electron chi connectivity index (χ3n) is 14.9. The van der Waals surface area contributed by atoms with E-state index in [0.717, 1.165) is 61.5 Å². The Morgan fingerprint density at radius 3 is 1.25 bits per heavy atom. The van der Waals surface area contributed by atoms with Crippen LogP contribution in [0.3, 0.4) is 0 Å². The highest BCUT2D eigenvalue weighted by molar-refractivity contribution is 6.13. The molecule has 4 nitrogen and oxygen atoms in total. The van der Waals surface area contributed by atoms with Crippen LogP contribution < -0.4 is 0 Å². The summed E-state index contributed by atoms with van der Waals surface area (Å²) in [5.41, 5.74) is 21.5. The van der Waals surface area contributed by atoms with E-state index in [9.17, 15) is 0 Å². The van der Waals surface area contributed by atoms with Crippen LogP contribution in [0.1, 0.15) is 22.3 Å². The van der Waals surface area contributed by atoms with Gasteiger partial charge in [0.05, 0.1) is 38.9 Å². The molecule has 0 radical (unpaired) electrons. The molecule has 0 fully saturated rings. The van der Waals surface area contributed by atoms with Crippen molar-refractivity contribution < 1.29 is 0 Å². The lowest BCUT2D eigenvalue weighted by atomic mass is 9.70. The molecule has 1 spiro atoms. The summed E-state index contributed by atoms with van der Waals surface area (Å²) in [7, 11) is 0. The van der Waals surface area contributed by atoms with Crippen LogP contribution in [0.4, 0.5) is 0 Å². The zero-order valence-electron chi connectivity index (χ0n) is 37.4. The lowest BCUT2D eigenvalue weighted by Crippen LogP contribution is -2.25. The summed E-state index contributed by atoms with van der Waals surface area (Å²) in [5, 5.41) is 4.87. The fraction of sp³-hybridized carbons (Fsp3) is 0.0154. The third kappa shape index (κ3) is 5.34. The normalized spacial score (nSPS) is 13.0. The molecule has 0 atom stereocenters. The molecule has 320 valence electrons. The minimum Gasteiger partial charge on any atom is -0.309 e. The molecule has 0 aliphatic heterocycles. The average Bonchev–Trinajstić information content (AvgIpc) is 4.12. The molecule has 0 saturated carbocycles. The molecule has 0 amide bonds. The summed E-state index contributed by atoms with van der Waals surface area (Å²) >= 11 is 0. The minimum atomic E-state index is -0.479. The smallest absolute Gasteiger partial charge is 0.160 e. The molecule has 2 aliphatic rings. The molecule has 10 aromatic carbocycles. The van der Waals surface area contributed by atoms with Crippen molar-refractivity contribution in [3.05, 3.63) is 265 Å². The number of rotatable bonds is 5. The van der Waals surface area contributed by atoms with Gasteiger partial charge in [0.25, 0.3) is 0 Å². The molecule has 2 aliphatic carbocycles. The lowest BCUT2D eigenvalue weighted by molar-refractivity contribution is 0.794. The van der Waals surface area contributed by atoms with E-state index in [-0.39, 0.29) is 0 Å². The molecule has 13 aromatic rings. The molecule has 15 rings (SSSR count). The Morgan fingerprint density at radius 1 is 0.275 bits per heavy atom. The average molecular weight is 877 g/mol. The molecule has 69 heavy (non-hydrogen) atoms. The number of benzene rings is 10. The van der Waals surface area contributed by atoms with Crippen LogP contribution in [-0.2, 0) is 5.41 Å². The highest BCUT2D eigenvalue weighted by Gasteiger charge is 2.51. The number of hydrogen-bond donors (Lipinski definition) is 0. The molecular formula is C65H40N4. The maximum Gasteiger partial charge on any atom is 0.160 e. The molecule has 0 bridgehead atoms. The number of aromatic nitrogens is 4. The van der Waals surface area contributed by atoms with Crippen molar-refractivity contribution >= 4 is 43.6 Å². The highest BCUT2D eigenvalue weighted by Crippen LogP contribution is 2.63. The Morgan fingerprint density at radius 2 is 0.696 bits per heavy atom. The van der Waals surface area contributed by atoms with Gasteiger partial charge < -0.3 is 9.13 Å². The van der Waals surface area contributed by atoms with E-state index < -0.39 is 5.41 Å². The van der Waals surface area contributed by atoms with E-state index >= 15 is 0 Å². The van der Waals surface area contributed by atoms with Crippen molar-refractivity contribution in [3.8, 4) is 67.5 Å². The van der Waals surface area contributed by atoms with Gasteiger partial charge in [-0.15, -0.1) is 0 Å². The van der Waals surface area contributed by atoms with Crippen LogP contribution in [0, 0.1) is 0 Å². The standard InChI is InChI=1S/C65H40N4/c1-3-19-41(20-4-1)58-40-59(67-64(66-58)42-21-5-2-6-22-42)43-35-44(68-60-32-16-10-26-49(60)50-27-11-17-33-61(50)68)37-45(36-43)69-62-34-18-12-28-51(62)53-38-52-48-25-9-15-31-56(48)65(57(52)39-63(53)69)54-29-13-7-23-46(54)47-24-8-14-30-55(47)65/h1-40H. The summed E-state index contributed by atoms with van der Waals surface area (Å²) in [6.45, 7) is 0. The molecular weight excluding hydrogens is 837 g/mol. The fourth-order valence-corrected chi connectivity index (χ4v) is 12.1. The molecule has 0 N–H and O–H groups in total. The van der Waals surface area contributed by atoms with Gasteiger partial charge in [0.2, 0.25) is 0 Å². The Balaban J connectivity index is 1.06. The summed E-state index contributed by atoms with van der Waals surface area (Å²) in [5.74, 6) is 0.685. The van der Waals surface area contributed by atoms with Crippen LogP contribution in [0.15, 0.2) is 243 Å². The lowest BCUT2D eigenvalue weighted by Gasteiger charge is -2.30. The monoisotopic (exact) mass is 876 g/mol. The van der Waals surface area contributed by atoms with E-state index in [1.54, 1.807) is 0 Å². The molecule has 0 saturated heterocycles. The number of fused-ring (bicyclic) bond motifs is 16. The van der Waals surface area contributed by atoms with Gasteiger partial charge >= 0.3 is 0 Å². The van der Waals surface area contributed by atoms with Gasteiger partial charge in [-0.1, -0.05) is 188 Å². The quantitative estimate of drug-likeness (QED) is 0.173. The third-order valence-corrected chi connectivity index (χ3v) is 14.9. The van der Waals surface area contributed by atoms with Crippen LogP contribution in [0.5, 0.6) is 0 Å². The van der Waals surface area contributed by atoms with Crippen molar-refractivity contribution in [1.29, 1.82) is 0 Å². The van der Waals surface area contributed by atoms with Gasteiger partial charge in [0, 0.05) is 49.6 Å². The summed E-state index contributed by atoms with van der Waals surface area (Å²) in [4.78, 5) is 10.6. The van der Waals surface area contributed by atoms with Gasteiger partial charge in [-0.2, -0.15) is 0 Å². The van der Waals surface area contributed by atoms with Gasteiger partial charge in [-0.05, 0) is 99.1 Å². The second-order valence-corrected chi connectivity index (χ2v) is 18.5. The van der Waals surface area contributed by atoms with Crippen LogP contribution in [0.25, 0.3) is 111 Å². The van der Waals surface area contributed by atoms with Crippen molar-refractivity contribution in [3.63, 3.8) is 0 Å². The second kappa shape index (κ2) is 14.4. The molecule has 3 heterocycles. The maximum absolute atomic E-state index is 5.42. The van der Waals surface area contributed by atoms with Gasteiger partial charge in [-0.25, -0.2) is 9.97 Å². The van der Waals surface area contributed by atoms with Crippen molar-refractivity contribution in [2.75, 3.05) is 0 Å². The first kappa shape index (κ1) is 38.0.